The summed E-state index contributed by atoms with van der Waals surface area (Å²) in [6, 6.07) is 38.9. The van der Waals surface area contributed by atoms with Crippen LogP contribution in [-0.4, -0.2) is 18.2 Å². The molecule has 0 aliphatic carbocycles. The van der Waals surface area contributed by atoms with Gasteiger partial charge in [-0.3, -0.25) is 0 Å². The fraction of sp³-hybridized carbons (Fsp3) is 0.143. The summed E-state index contributed by atoms with van der Waals surface area (Å²) in [7, 11) is 0. The summed E-state index contributed by atoms with van der Waals surface area (Å²) >= 11 is 6.48. The molecule has 38 heavy (non-hydrogen) atoms. The summed E-state index contributed by atoms with van der Waals surface area (Å²) in [5.74, 6) is 0.551. The molecule has 0 aromatic heterocycles. The predicted molar refractivity (Wildman–Crippen MR) is 160 cm³/mol. The van der Waals surface area contributed by atoms with Crippen molar-refractivity contribution in [3.05, 3.63) is 136 Å². The van der Waals surface area contributed by atoms with E-state index >= 15 is 0 Å². The van der Waals surface area contributed by atoms with Crippen molar-refractivity contribution in [2.75, 3.05) is 13.1 Å². The number of benzene rings is 6. The van der Waals surface area contributed by atoms with Gasteiger partial charge in [-0.2, -0.15) is 0 Å². The number of hydrogen-bond acceptors (Lipinski definition) is 2. The Morgan fingerprint density at radius 1 is 0.658 bits per heavy atom. The fourth-order valence-corrected chi connectivity index (χ4v) is 6.48. The van der Waals surface area contributed by atoms with Crippen LogP contribution in [0.15, 0.2) is 109 Å². The van der Waals surface area contributed by atoms with Gasteiger partial charge in [0.2, 0.25) is 0 Å². The van der Waals surface area contributed by atoms with Crippen LogP contribution in [0.1, 0.15) is 34.1 Å². The zero-order chi connectivity index (χ0) is 25.6. The number of phenols is 1. The van der Waals surface area contributed by atoms with Crippen molar-refractivity contribution >= 4 is 43.9 Å². The standard InChI is InChI=1S/C35H28ClNO/c36-34-18-31-26(20-37-21-33(32(31)19-35(34)38)23-6-2-1-3-7-23)16-22-10-11-25-13-14-28-27-9-5-4-8-24(27)12-15-29(28)30(25)17-22/h1-15,17-19,26,33,37-38H,16,20-21H2. The first-order valence-electron chi connectivity index (χ1n) is 13.3. The van der Waals surface area contributed by atoms with E-state index in [-0.39, 0.29) is 17.6 Å². The molecule has 2 unspecified atom stereocenters. The van der Waals surface area contributed by atoms with Crippen molar-refractivity contribution in [2.45, 2.75) is 18.3 Å². The number of aromatic hydroxyl groups is 1. The largest absolute Gasteiger partial charge is 0.506 e. The van der Waals surface area contributed by atoms with Gasteiger partial charge in [0.05, 0.1) is 5.02 Å². The molecule has 7 rings (SSSR count). The monoisotopic (exact) mass is 513 g/mol. The van der Waals surface area contributed by atoms with Crippen LogP contribution >= 0.6 is 11.6 Å². The van der Waals surface area contributed by atoms with E-state index in [1.165, 1.54) is 49.0 Å². The van der Waals surface area contributed by atoms with Gasteiger partial charge in [-0.05, 0) is 73.1 Å². The Morgan fingerprint density at radius 2 is 1.37 bits per heavy atom. The maximum atomic E-state index is 10.5. The van der Waals surface area contributed by atoms with Crippen molar-refractivity contribution in [2.24, 2.45) is 0 Å². The molecule has 0 radical (unpaired) electrons. The van der Waals surface area contributed by atoms with Crippen molar-refractivity contribution < 1.29 is 5.11 Å². The lowest BCUT2D eigenvalue weighted by molar-refractivity contribution is 0.474. The molecular formula is C35H28ClNO. The van der Waals surface area contributed by atoms with Gasteiger partial charge in [0.15, 0.2) is 0 Å². The average molecular weight is 514 g/mol. The minimum atomic E-state index is 0.149. The molecule has 2 N–H and O–H groups in total. The third-order valence-electron chi connectivity index (χ3n) is 8.20. The molecule has 2 atom stereocenters. The summed E-state index contributed by atoms with van der Waals surface area (Å²) in [4.78, 5) is 0. The second kappa shape index (κ2) is 9.47. The summed E-state index contributed by atoms with van der Waals surface area (Å²) in [5, 5.41) is 22.4. The van der Waals surface area contributed by atoms with Gasteiger partial charge in [-0.1, -0.05) is 109 Å². The normalized spacial score (nSPS) is 17.5. The molecule has 0 bridgehead atoms. The van der Waals surface area contributed by atoms with E-state index in [4.69, 9.17) is 11.6 Å². The Morgan fingerprint density at radius 3 is 2.21 bits per heavy atom. The van der Waals surface area contributed by atoms with Gasteiger partial charge >= 0.3 is 0 Å². The van der Waals surface area contributed by atoms with Crippen LogP contribution in [0.3, 0.4) is 0 Å². The Labute approximate surface area is 227 Å². The van der Waals surface area contributed by atoms with Crippen LogP contribution in [0, 0.1) is 0 Å². The fourth-order valence-electron chi connectivity index (χ4n) is 6.31. The second-order valence-electron chi connectivity index (χ2n) is 10.5. The van der Waals surface area contributed by atoms with E-state index in [2.05, 4.69) is 96.3 Å². The lowest BCUT2D eigenvalue weighted by Crippen LogP contribution is -2.23. The van der Waals surface area contributed by atoms with Gasteiger partial charge in [-0.25, -0.2) is 0 Å². The molecule has 0 saturated heterocycles. The quantitative estimate of drug-likeness (QED) is 0.232. The van der Waals surface area contributed by atoms with Crippen LogP contribution in [0.4, 0.5) is 0 Å². The van der Waals surface area contributed by atoms with Crippen molar-refractivity contribution in [3.8, 4) is 5.75 Å². The van der Waals surface area contributed by atoms with Crippen molar-refractivity contribution in [3.63, 3.8) is 0 Å². The molecule has 0 saturated carbocycles. The summed E-state index contributed by atoms with van der Waals surface area (Å²) in [5.41, 5.74) is 4.92. The first-order valence-corrected chi connectivity index (χ1v) is 13.6. The van der Waals surface area contributed by atoms with Gasteiger partial charge in [-0.15, -0.1) is 0 Å². The SMILES string of the molecule is Oc1cc2c(cc1Cl)C(Cc1ccc3ccc4c5ccccc5ccc4c3c1)CNCC2c1ccccc1. The third kappa shape index (κ3) is 4.01. The first kappa shape index (κ1) is 23.3. The third-order valence-corrected chi connectivity index (χ3v) is 8.50. The number of phenolic OH excluding ortho intramolecular Hbond substituents is 1. The Kier molecular flexibility index (Phi) is 5.80. The average Bonchev–Trinajstić information content (AvgIpc) is 3.12. The molecule has 1 heterocycles. The topological polar surface area (TPSA) is 32.3 Å². The highest BCUT2D eigenvalue weighted by Gasteiger charge is 2.27. The number of nitrogens with one attached hydrogen (secondary N) is 1. The van der Waals surface area contributed by atoms with Crippen LogP contribution in [0.2, 0.25) is 5.02 Å². The predicted octanol–water partition coefficient (Wildman–Crippen LogP) is 8.57. The molecule has 2 nitrogen and oxygen atoms in total. The minimum Gasteiger partial charge on any atom is -0.506 e. The molecule has 0 fully saturated rings. The van der Waals surface area contributed by atoms with E-state index < -0.39 is 0 Å². The summed E-state index contributed by atoms with van der Waals surface area (Å²) in [6.07, 6.45) is 0.891. The van der Waals surface area contributed by atoms with E-state index in [0.717, 1.165) is 25.1 Å². The zero-order valence-electron chi connectivity index (χ0n) is 21.0. The first-order chi connectivity index (χ1) is 18.7. The smallest absolute Gasteiger partial charge is 0.134 e. The Bertz CT molecular complexity index is 1810. The van der Waals surface area contributed by atoms with Gasteiger partial charge in [0.25, 0.3) is 0 Å². The maximum Gasteiger partial charge on any atom is 0.134 e. The molecular weight excluding hydrogens is 486 g/mol. The van der Waals surface area contributed by atoms with E-state index in [1.807, 2.05) is 18.2 Å². The van der Waals surface area contributed by atoms with Crippen molar-refractivity contribution in [1.82, 2.24) is 5.32 Å². The van der Waals surface area contributed by atoms with Gasteiger partial charge in [0.1, 0.15) is 5.75 Å². The summed E-state index contributed by atoms with van der Waals surface area (Å²) < 4.78 is 0. The molecule has 6 aromatic rings. The zero-order valence-corrected chi connectivity index (χ0v) is 21.7. The van der Waals surface area contributed by atoms with E-state index in [9.17, 15) is 5.11 Å². The molecule has 0 amide bonds. The Balaban J connectivity index is 1.32. The second-order valence-corrected chi connectivity index (χ2v) is 10.9. The van der Waals surface area contributed by atoms with E-state index in [1.54, 1.807) is 0 Å². The lowest BCUT2D eigenvalue weighted by atomic mass is 9.83. The van der Waals surface area contributed by atoms with Crippen LogP contribution in [-0.2, 0) is 6.42 Å². The number of fused-ring (bicyclic) bond motifs is 6. The Hall–Kier alpha value is -3.85. The molecule has 0 spiro atoms. The maximum absolute atomic E-state index is 10.5. The molecule has 186 valence electrons. The molecule has 3 heteroatoms. The van der Waals surface area contributed by atoms with Gasteiger partial charge in [0, 0.05) is 24.9 Å². The van der Waals surface area contributed by atoms with Crippen LogP contribution in [0.25, 0.3) is 32.3 Å². The van der Waals surface area contributed by atoms with Crippen LogP contribution < -0.4 is 5.32 Å². The highest BCUT2D eigenvalue weighted by Crippen LogP contribution is 2.40. The number of hydrogen-bond donors (Lipinski definition) is 2. The van der Waals surface area contributed by atoms with Crippen molar-refractivity contribution in [1.29, 1.82) is 0 Å². The minimum absolute atomic E-state index is 0.149. The van der Waals surface area contributed by atoms with Crippen LogP contribution in [0.5, 0.6) is 5.75 Å². The lowest BCUT2D eigenvalue weighted by Gasteiger charge is -2.22. The summed E-state index contributed by atoms with van der Waals surface area (Å²) in [6.45, 7) is 1.68. The molecule has 6 aromatic carbocycles. The highest BCUT2D eigenvalue weighted by atomic mass is 35.5. The molecule has 1 aliphatic heterocycles. The van der Waals surface area contributed by atoms with Gasteiger partial charge < -0.3 is 10.4 Å². The number of rotatable bonds is 3. The molecule has 1 aliphatic rings. The highest BCUT2D eigenvalue weighted by molar-refractivity contribution is 6.32. The van der Waals surface area contributed by atoms with E-state index in [0.29, 0.717) is 5.02 Å². The number of halogens is 1.